The number of hydrogen-bond acceptors (Lipinski definition) is 9. The molecule has 6 rings (SSSR count). The van der Waals surface area contributed by atoms with Crippen molar-refractivity contribution in [3.05, 3.63) is 142 Å². The third kappa shape index (κ3) is 10.5. The van der Waals surface area contributed by atoms with Gasteiger partial charge in [-0.15, -0.1) is 0 Å². The van der Waals surface area contributed by atoms with Crippen LogP contribution in [0.5, 0.6) is 0 Å². The highest BCUT2D eigenvalue weighted by atomic mass is 16.5. The fourth-order valence-corrected chi connectivity index (χ4v) is 7.54. The Labute approximate surface area is 360 Å². The molecule has 4 aliphatic rings. The van der Waals surface area contributed by atoms with Gasteiger partial charge in [0, 0.05) is 75.7 Å². The molecule has 0 radical (unpaired) electrons. The molecule has 11 heteroatoms. The average molecular weight is 829 g/mol. The Balaban J connectivity index is 0.834. The summed E-state index contributed by atoms with van der Waals surface area (Å²) in [7, 11) is 8.06. The van der Waals surface area contributed by atoms with E-state index < -0.39 is 0 Å². The van der Waals surface area contributed by atoms with E-state index in [0.29, 0.717) is 86.2 Å². The summed E-state index contributed by atoms with van der Waals surface area (Å²) >= 11 is 0. The van der Waals surface area contributed by atoms with Gasteiger partial charge in [-0.25, -0.2) is 9.15 Å². The Kier molecular flexibility index (Phi) is 15.4. The van der Waals surface area contributed by atoms with Gasteiger partial charge in [-0.1, -0.05) is 38.1 Å². The van der Waals surface area contributed by atoms with E-state index in [0.717, 1.165) is 59.9 Å². The van der Waals surface area contributed by atoms with Gasteiger partial charge < -0.3 is 34.2 Å². The number of carbonyl (C=O) groups is 2. The summed E-state index contributed by atoms with van der Waals surface area (Å²) in [6, 6.07) is 15.3. The lowest BCUT2D eigenvalue weighted by Crippen LogP contribution is -2.25. The van der Waals surface area contributed by atoms with E-state index >= 15 is 0 Å². The molecule has 2 aromatic rings. The number of likely N-dealkylation sites (N-methyl/N-ethyl adjacent to an activating group) is 2. The number of Topliss-reactive ketones (excluding diaryl/α,β-unsaturated/α-hetero) is 2. The molecule has 0 fully saturated rings. The van der Waals surface area contributed by atoms with Crippen LogP contribution in [-0.2, 0) is 23.8 Å². The maximum absolute atomic E-state index is 13.1. The number of carbonyl (C=O) groups excluding carboxylic acids is 2. The zero-order chi connectivity index (χ0) is 43.5. The van der Waals surface area contributed by atoms with Crippen LogP contribution in [0.25, 0.3) is 11.1 Å². The second-order valence-electron chi connectivity index (χ2n) is 15.6. The van der Waals surface area contributed by atoms with E-state index in [1.54, 1.807) is 0 Å². The summed E-state index contributed by atoms with van der Waals surface area (Å²) in [5, 5.41) is 21.7. The number of ketones is 2. The second kappa shape index (κ2) is 21.1. The third-order valence-electron chi connectivity index (χ3n) is 11.2. The molecule has 0 amide bonds. The standard InChI is InChI=1S/C50H58N4O7/c1-7-25-51(3)39-17-9-35(10-18-39)43-47(55)45(48(43)56)37-13-21-41(22-14-37)53(5)27-29-59-31-33-61-34-32-60-30-28-54(6)42-23-15-38(16-24-42)46-49(57)44(50(46)58)36-11-19-40(20-12-36)52(4)26-8-2/h9-24H,7-8,25-34H2,1-6H3/p+2. The number of nitrogens with zero attached hydrogens (tertiary/aromatic N) is 4. The fourth-order valence-electron chi connectivity index (χ4n) is 7.54. The molecule has 0 saturated heterocycles. The van der Waals surface area contributed by atoms with Gasteiger partial charge in [-0.3, -0.25) is 9.59 Å². The molecule has 0 aromatic heterocycles. The fraction of sp³-hybridized carbons (Fsp3) is 0.360. The van der Waals surface area contributed by atoms with Crippen molar-refractivity contribution in [3.63, 3.8) is 0 Å². The average Bonchev–Trinajstić information content (AvgIpc) is 3.26. The summed E-state index contributed by atoms with van der Waals surface area (Å²) in [6.07, 6.45) is 17.6. The first-order chi connectivity index (χ1) is 29.5. The largest absolute Gasteiger partial charge is 0.506 e. The highest BCUT2D eigenvalue weighted by molar-refractivity contribution is 6.40. The molecule has 0 bridgehead atoms. The second-order valence-corrected chi connectivity index (χ2v) is 15.6. The Morgan fingerprint density at radius 1 is 0.492 bits per heavy atom. The van der Waals surface area contributed by atoms with Crippen molar-refractivity contribution >= 4 is 45.5 Å². The minimum absolute atomic E-state index is 0.0429. The van der Waals surface area contributed by atoms with Crippen LogP contribution in [0.3, 0.4) is 0 Å². The molecule has 0 saturated carbocycles. The Morgan fingerprint density at radius 3 is 1.13 bits per heavy atom. The first-order valence-corrected chi connectivity index (χ1v) is 21.2. The van der Waals surface area contributed by atoms with Gasteiger partial charge in [-0.2, -0.15) is 0 Å². The van der Waals surface area contributed by atoms with E-state index in [-0.39, 0.29) is 23.1 Å². The molecule has 4 aliphatic carbocycles. The van der Waals surface area contributed by atoms with Crippen LogP contribution < -0.4 is 9.80 Å². The SMILES string of the molecule is CCC[N+](C)=C1C=CC(=C2C(=O)C(c3ccc(N(C)CCOCCOCCOCCN(C)c4ccc(C5=C(O)C(=C6C=CC(=[N+](C)CCC)C=C6)C5=O)cc4)cc3)=C2O)C=C1. The lowest BCUT2D eigenvalue weighted by atomic mass is 9.80. The number of benzene rings is 2. The monoisotopic (exact) mass is 828 g/mol. The normalized spacial score (nSPS) is 16.0. The Hall–Kier alpha value is -5.88. The maximum atomic E-state index is 13.1. The predicted octanol–water partition coefficient (Wildman–Crippen LogP) is 6.84. The highest BCUT2D eigenvalue weighted by Gasteiger charge is 2.38. The molecule has 0 unspecified atom stereocenters. The van der Waals surface area contributed by atoms with Crippen molar-refractivity contribution in [2.45, 2.75) is 26.7 Å². The van der Waals surface area contributed by atoms with Crippen molar-refractivity contribution in [2.75, 3.05) is 104 Å². The van der Waals surface area contributed by atoms with E-state index in [1.807, 2.05) is 125 Å². The van der Waals surface area contributed by atoms with E-state index in [2.05, 4.69) is 32.8 Å². The Bertz CT molecular complexity index is 2100. The van der Waals surface area contributed by atoms with Crippen molar-refractivity contribution in [2.24, 2.45) is 0 Å². The summed E-state index contributed by atoms with van der Waals surface area (Å²) in [5.41, 5.74) is 8.40. The molecule has 2 N–H and O–H groups in total. The number of anilines is 2. The van der Waals surface area contributed by atoms with Gasteiger partial charge in [0.1, 0.15) is 38.7 Å². The van der Waals surface area contributed by atoms with Gasteiger partial charge in [0.25, 0.3) is 0 Å². The van der Waals surface area contributed by atoms with E-state index in [9.17, 15) is 19.8 Å². The number of rotatable bonds is 20. The summed E-state index contributed by atoms with van der Waals surface area (Å²) in [6.45, 7) is 10.5. The summed E-state index contributed by atoms with van der Waals surface area (Å²) in [4.78, 5) is 30.3. The molecular formula is C50H60N4O7+2. The quantitative estimate of drug-likeness (QED) is 0.0842. The topological polar surface area (TPSA) is 115 Å². The van der Waals surface area contributed by atoms with Crippen LogP contribution >= 0.6 is 0 Å². The molecule has 11 nitrogen and oxygen atoms in total. The molecule has 320 valence electrons. The van der Waals surface area contributed by atoms with E-state index in [1.165, 1.54) is 0 Å². The first-order valence-electron chi connectivity index (χ1n) is 21.2. The summed E-state index contributed by atoms with van der Waals surface area (Å²) in [5.74, 6) is -0.203. The minimum atomic E-state index is -0.145. The van der Waals surface area contributed by atoms with Crippen LogP contribution in [0.15, 0.2) is 131 Å². The van der Waals surface area contributed by atoms with Gasteiger partial charge in [0.05, 0.1) is 61.9 Å². The molecule has 2 aromatic carbocycles. The number of aliphatic hydroxyl groups is 2. The van der Waals surface area contributed by atoms with E-state index in [4.69, 9.17) is 14.2 Å². The zero-order valence-corrected chi connectivity index (χ0v) is 36.4. The molecule has 0 atom stereocenters. The lowest BCUT2D eigenvalue weighted by molar-refractivity contribution is -0.495. The van der Waals surface area contributed by atoms with Crippen molar-refractivity contribution in [1.82, 2.24) is 0 Å². The lowest BCUT2D eigenvalue weighted by Gasteiger charge is -2.24. The first kappa shape index (κ1) is 44.7. The maximum Gasteiger partial charge on any atom is 0.201 e. The van der Waals surface area contributed by atoms with Gasteiger partial charge in [0.2, 0.25) is 11.6 Å². The smallest absolute Gasteiger partial charge is 0.201 e. The molecule has 0 heterocycles. The molecule has 61 heavy (non-hydrogen) atoms. The number of hydrogen-bond donors (Lipinski definition) is 2. The Morgan fingerprint density at radius 2 is 0.820 bits per heavy atom. The van der Waals surface area contributed by atoms with Crippen molar-refractivity contribution in [1.29, 1.82) is 0 Å². The molecular weight excluding hydrogens is 769 g/mol. The van der Waals surface area contributed by atoms with Crippen LogP contribution in [0.1, 0.15) is 37.8 Å². The van der Waals surface area contributed by atoms with Crippen LogP contribution in [0, 0.1) is 0 Å². The van der Waals surface area contributed by atoms with Crippen LogP contribution in [0.2, 0.25) is 0 Å². The van der Waals surface area contributed by atoms with Gasteiger partial charge in [-0.05, 0) is 70.8 Å². The zero-order valence-electron chi connectivity index (χ0n) is 36.4. The minimum Gasteiger partial charge on any atom is -0.506 e. The predicted molar refractivity (Wildman–Crippen MR) is 244 cm³/mol. The number of allylic oxidation sites excluding steroid dienone is 14. The highest BCUT2D eigenvalue weighted by Crippen LogP contribution is 2.40. The van der Waals surface area contributed by atoms with Crippen molar-refractivity contribution < 1.29 is 43.2 Å². The molecule has 0 aliphatic heterocycles. The number of ether oxygens (including phenoxy) is 3. The molecule has 0 spiro atoms. The van der Waals surface area contributed by atoms with Crippen molar-refractivity contribution in [3.8, 4) is 0 Å². The third-order valence-corrected chi connectivity index (χ3v) is 11.2. The number of aliphatic hydroxyl groups excluding tert-OH is 2. The van der Waals surface area contributed by atoms with Crippen LogP contribution in [-0.4, -0.2) is 136 Å². The van der Waals surface area contributed by atoms with Gasteiger partial charge >= 0.3 is 0 Å². The van der Waals surface area contributed by atoms with Crippen LogP contribution in [0.4, 0.5) is 11.4 Å². The summed E-state index contributed by atoms with van der Waals surface area (Å²) < 4.78 is 21.6. The van der Waals surface area contributed by atoms with Gasteiger partial charge in [0.15, 0.2) is 11.4 Å².